The number of thiol groups is 1. The van der Waals surface area contributed by atoms with E-state index in [1.54, 1.807) is 16.4 Å². The molecule has 1 aromatic carbocycles. The molecule has 0 aliphatic heterocycles. The van der Waals surface area contributed by atoms with Gasteiger partial charge >= 0.3 is 6.18 Å². The fourth-order valence-corrected chi connectivity index (χ4v) is 3.53. The molecule has 0 spiro atoms. The minimum atomic E-state index is -4.52. The molecule has 0 bridgehead atoms. The fourth-order valence-electron chi connectivity index (χ4n) is 2.96. The summed E-state index contributed by atoms with van der Waals surface area (Å²) in [6.45, 7) is 6.33. The van der Waals surface area contributed by atoms with Crippen LogP contribution in [0.2, 0.25) is 5.02 Å². The first-order chi connectivity index (χ1) is 12.1. The molecule has 0 aliphatic rings. The smallest absolute Gasteiger partial charge is 0.315 e. The zero-order valence-corrected chi connectivity index (χ0v) is 16.8. The third-order valence-corrected chi connectivity index (χ3v) is 5.11. The third kappa shape index (κ3) is 5.19. The molecule has 144 valence electrons. The van der Waals surface area contributed by atoms with Crippen molar-refractivity contribution >= 4 is 41.0 Å². The maximum atomic E-state index is 13.3. The summed E-state index contributed by atoms with van der Waals surface area (Å²) in [6, 6.07) is 5.82. The summed E-state index contributed by atoms with van der Waals surface area (Å²) < 4.78 is 41.6. The van der Waals surface area contributed by atoms with Crippen LogP contribution in [0.3, 0.4) is 0 Å². The average Bonchev–Trinajstić information content (AvgIpc) is 2.56. The Hall–Kier alpha value is -1.14. The lowest BCUT2D eigenvalue weighted by Crippen LogP contribution is -2.28. The van der Waals surface area contributed by atoms with Gasteiger partial charge in [-0.25, -0.2) is 4.98 Å². The summed E-state index contributed by atoms with van der Waals surface area (Å²) in [6.07, 6.45) is -0.897. The van der Waals surface area contributed by atoms with Gasteiger partial charge in [-0.2, -0.15) is 13.2 Å². The molecule has 0 radical (unpaired) electrons. The summed E-state index contributed by atoms with van der Waals surface area (Å²) in [5.74, 6) is 0.519. The van der Waals surface area contributed by atoms with Crippen molar-refractivity contribution in [3.8, 4) is 0 Å². The quantitative estimate of drug-likeness (QED) is 0.492. The normalized spacial score (nSPS) is 13.4. The van der Waals surface area contributed by atoms with Crippen LogP contribution >= 0.6 is 24.4 Å². The molecule has 0 N–H and O–H groups in total. The number of fused-ring (bicyclic) bond motifs is 1. The average molecular weight is 405 g/mol. The minimum Gasteiger partial charge on any atom is -0.315 e. The van der Waals surface area contributed by atoms with E-state index in [9.17, 15) is 13.2 Å². The molecule has 1 atom stereocenters. The molecule has 2 rings (SSSR count). The summed E-state index contributed by atoms with van der Waals surface area (Å²) in [5, 5.41) is 1.03. The Kier molecular flexibility index (Phi) is 7.08. The Morgan fingerprint density at radius 2 is 1.85 bits per heavy atom. The summed E-state index contributed by atoms with van der Waals surface area (Å²) in [4.78, 5) is 3.77. The van der Waals surface area contributed by atoms with E-state index in [0.717, 1.165) is 31.7 Å². The molecule has 0 amide bonds. The van der Waals surface area contributed by atoms with Gasteiger partial charge in [0.25, 0.3) is 0 Å². The number of anilines is 1. The van der Waals surface area contributed by atoms with Gasteiger partial charge in [0, 0.05) is 16.5 Å². The van der Waals surface area contributed by atoms with Crippen LogP contribution in [-0.4, -0.2) is 11.0 Å². The lowest BCUT2D eigenvalue weighted by molar-refractivity contribution is -0.140. The van der Waals surface area contributed by atoms with Crippen molar-refractivity contribution in [3.63, 3.8) is 0 Å². The topological polar surface area (TPSA) is 16.1 Å². The van der Waals surface area contributed by atoms with Crippen molar-refractivity contribution in [2.75, 3.05) is 4.31 Å². The first-order valence-electron chi connectivity index (χ1n) is 8.79. The van der Waals surface area contributed by atoms with Crippen LogP contribution < -0.4 is 4.31 Å². The highest BCUT2D eigenvalue weighted by Gasteiger charge is 2.34. The molecule has 1 aromatic heterocycles. The van der Waals surface area contributed by atoms with E-state index in [1.807, 2.05) is 0 Å². The lowest BCUT2D eigenvalue weighted by Gasteiger charge is -2.30. The van der Waals surface area contributed by atoms with Gasteiger partial charge in [0.05, 0.1) is 11.2 Å². The van der Waals surface area contributed by atoms with Gasteiger partial charge in [0.15, 0.2) is 0 Å². The van der Waals surface area contributed by atoms with Gasteiger partial charge in [0.2, 0.25) is 0 Å². The second kappa shape index (κ2) is 8.70. The van der Waals surface area contributed by atoms with E-state index in [2.05, 4.69) is 38.6 Å². The van der Waals surface area contributed by atoms with E-state index >= 15 is 0 Å². The number of pyridine rings is 1. The van der Waals surface area contributed by atoms with Gasteiger partial charge in [-0.15, -0.1) is 0 Å². The van der Waals surface area contributed by atoms with Crippen molar-refractivity contribution < 1.29 is 13.2 Å². The molecule has 0 saturated heterocycles. The first kappa shape index (κ1) is 21.2. The van der Waals surface area contributed by atoms with Gasteiger partial charge in [-0.3, -0.25) is 0 Å². The van der Waals surface area contributed by atoms with Gasteiger partial charge < -0.3 is 4.31 Å². The SMILES string of the molecule is CCCC(CCC(C)C)N(S)c1cc(C(F)(F)F)nc2ccc(Cl)cc12. The summed E-state index contributed by atoms with van der Waals surface area (Å²) in [7, 11) is 0. The Morgan fingerprint density at radius 3 is 2.42 bits per heavy atom. The van der Waals surface area contributed by atoms with Crippen LogP contribution in [0.15, 0.2) is 24.3 Å². The van der Waals surface area contributed by atoms with Crippen LogP contribution in [0, 0.1) is 5.92 Å². The molecular formula is C19H24ClF3N2S. The van der Waals surface area contributed by atoms with Crippen LogP contribution in [0.5, 0.6) is 0 Å². The molecule has 0 fully saturated rings. The van der Waals surface area contributed by atoms with Crippen LogP contribution in [-0.2, 0) is 6.18 Å². The predicted octanol–water partition coefficient (Wildman–Crippen LogP) is 7.16. The minimum absolute atomic E-state index is 0.0383. The third-order valence-electron chi connectivity index (χ3n) is 4.33. The van der Waals surface area contributed by atoms with Crippen molar-refractivity contribution in [3.05, 3.63) is 35.0 Å². The fraction of sp³-hybridized carbons (Fsp3) is 0.526. The van der Waals surface area contributed by atoms with Crippen molar-refractivity contribution in [1.29, 1.82) is 0 Å². The van der Waals surface area contributed by atoms with E-state index in [4.69, 9.17) is 11.6 Å². The maximum absolute atomic E-state index is 13.3. The molecule has 26 heavy (non-hydrogen) atoms. The van der Waals surface area contributed by atoms with E-state index < -0.39 is 11.9 Å². The monoisotopic (exact) mass is 404 g/mol. The van der Waals surface area contributed by atoms with Crippen LogP contribution in [0.25, 0.3) is 10.9 Å². The second-order valence-corrected chi connectivity index (χ2v) is 7.81. The predicted molar refractivity (Wildman–Crippen MR) is 106 cm³/mol. The van der Waals surface area contributed by atoms with Crippen molar-refractivity contribution in [2.45, 2.75) is 58.7 Å². The Bertz CT molecular complexity index is 749. The molecule has 1 heterocycles. The van der Waals surface area contributed by atoms with E-state index in [0.29, 0.717) is 22.0 Å². The van der Waals surface area contributed by atoms with Crippen LogP contribution in [0.1, 0.15) is 52.1 Å². The van der Waals surface area contributed by atoms with Crippen molar-refractivity contribution in [2.24, 2.45) is 5.92 Å². The number of aromatic nitrogens is 1. The standard InChI is InChI=1S/C19H24ClF3N2S/c1-4-5-14(8-6-12(2)3)25(26)17-11-18(19(21,22)23)24-16-9-7-13(20)10-15(16)17/h7,9-12,14,26H,4-6,8H2,1-3H3. The number of nitrogens with zero attached hydrogens (tertiary/aromatic N) is 2. The second-order valence-electron chi connectivity index (χ2n) is 6.94. The van der Waals surface area contributed by atoms with Gasteiger partial charge in [-0.1, -0.05) is 51.6 Å². The number of alkyl halides is 3. The molecule has 0 aliphatic carbocycles. The molecule has 2 nitrogen and oxygen atoms in total. The summed E-state index contributed by atoms with van der Waals surface area (Å²) in [5.41, 5.74) is -0.256. The highest BCUT2D eigenvalue weighted by Crippen LogP contribution is 2.38. The van der Waals surface area contributed by atoms with E-state index in [-0.39, 0.29) is 11.6 Å². The number of rotatable bonds is 7. The van der Waals surface area contributed by atoms with Gasteiger partial charge in [-0.05, 0) is 49.4 Å². The Labute approximate surface area is 163 Å². The first-order valence-corrected chi connectivity index (χ1v) is 9.56. The molecular weight excluding hydrogens is 381 g/mol. The number of hydrogen-bond donors (Lipinski definition) is 1. The number of hydrogen-bond acceptors (Lipinski definition) is 3. The zero-order valence-electron chi connectivity index (χ0n) is 15.1. The molecule has 0 saturated carbocycles. The largest absolute Gasteiger partial charge is 0.433 e. The number of benzene rings is 1. The van der Waals surface area contributed by atoms with Crippen LogP contribution in [0.4, 0.5) is 18.9 Å². The Morgan fingerprint density at radius 1 is 1.15 bits per heavy atom. The molecule has 1 unspecified atom stereocenters. The van der Waals surface area contributed by atoms with E-state index in [1.165, 1.54) is 6.07 Å². The Balaban J connectivity index is 2.54. The van der Waals surface area contributed by atoms with Gasteiger partial charge in [0.1, 0.15) is 5.69 Å². The zero-order chi connectivity index (χ0) is 19.5. The molecule has 2 aromatic rings. The summed E-state index contributed by atoms with van der Waals surface area (Å²) >= 11 is 10.7. The highest BCUT2D eigenvalue weighted by molar-refractivity contribution is 7.81. The molecule has 7 heteroatoms. The highest BCUT2D eigenvalue weighted by atomic mass is 35.5. The number of halogens is 4. The van der Waals surface area contributed by atoms with Crippen molar-refractivity contribution in [1.82, 2.24) is 4.98 Å². The maximum Gasteiger partial charge on any atom is 0.433 e. The lowest BCUT2D eigenvalue weighted by atomic mass is 9.99.